The molecule has 0 bridgehead atoms. The lowest BCUT2D eigenvalue weighted by atomic mass is 10.0. The molecule has 2 N–H and O–H groups in total. The van der Waals surface area contributed by atoms with Crippen molar-refractivity contribution in [3.8, 4) is 0 Å². The third kappa shape index (κ3) is 2.92. The third-order valence-corrected chi connectivity index (χ3v) is 3.06. The molecule has 0 unspecified atom stereocenters. The normalized spacial score (nSPS) is 10.3. The molecule has 0 aliphatic rings. The summed E-state index contributed by atoms with van der Waals surface area (Å²) in [5.74, 6) is -0.110. The molecule has 0 saturated heterocycles. The maximum absolute atomic E-state index is 13.1. The van der Waals surface area contributed by atoms with Crippen LogP contribution in [0.3, 0.4) is 0 Å². The van der Waals surface area contributed by atoms with Crippen molar-refractivity contribution in [3.63, 3.8) is 0 Å². The molecule has 0 saturated carbocycles. The number of aromatic nitrogens is 1. The number of carbonyl (C=O) groups excluding carboxylic acids is 1. The number of halogens is 2. The first-order chi connectivity index (χ1) is 8.56. The van der Waals surface area contributed by atoms with Gasteiger partial charge in [0, 0.05) is 18.2 Å². The van der Waals surface area contributed by atoms with Crippen molar-refractivity contribution in [1.29, 1.82) is 0 Å². The van der Waals surface area contributed by atoms with Gasteiger partial charge in [-0.2, -0.15) is 0 Å². The zero-order valence-corrected chi connectivity index (χ0v) is 10.9. The van der Waals surface area contributed by atoms with E-state index in [1.54, 1.807) is 18.3 Å². The van der Waals surface area contributed by atoms with Gasteiger partial charge in [-0.3, -0.25) is 4.79 Å². The fourth-order valence-corrected chi connectivity index (χ4v) is 1.94. The Bertz CT molecular complexity index is 601. The highest BCUT2D eigenvalue weighted by atomic mass is 79.9. The highest BCUT2D eigenvalue weighted by Gasteiger charge is 2.09. The zero-order chi connectivity index (χ0) is 13.1. The second-order valence-electron chi connectivity index (χ2n) is 3.82. The van der Waals surface area contributed by atoms with Gasteiger partial charge in [0.2, 0.25) is 0 Å². The van der Waals surface area contributed by atoms with E-state index in [1.807, 2.05) is 0 Å². The molecule has 0 amide bonds. The highest BCUT2D eigenvalue weighted by Crippen LogP contribution is 2.18. The lowest BCUT2D eigenvalue weighted by Crippen LogP contribution is -2.04. The van der Waals surface area contributed by atoms with Crippen LogP contribution in [0.1, 0.15) is 15.9 Å². The van der Waals surface area contributed by atoms with Crippen LogP contribution in [0.25, 0.3) is 0 Å². The van der Waals surface area contributed by atoms with E-state index in [0.717, 1.165) is 5.56 Å². The molecule has 1 heterocycles. The molecule has 0 spiro atoms. The summed E-state index contributed by atoms with van der Waals surface area (Å²) in [4.78, 5) is 15.8. The maximum atomic E-state index is 13.1. The van der Waals surface area contributed by atoms with E-state index in [1.165, 1.54) is 18.2 Å². The first-order valence-corrected chi connectivity index (χ1v) is 6.04. The minimum Gasteiger partial charge on any atom is -0.384 e. The Labute approximate surface area is 112 Å². The smallest absolute Gasteiger partial charge is 0.167 e. The summed E-state index contributed by atoms with van der Waals surface area (Å²) in [5.41, 5.74) is 6.78. The van der Waals surface area contributed by atoms with Gasteiger partial charge in [-0.15, -0.1) is 0 Å². The van der Waals surface area contributed by atoms with E-state index in [4.69, 9.17) is 5.73 Å². The standard InChI is InChI=1S/C13H10BrFN2O/c14-10-7-9(1-2-11(10)15)12(18)5-8-3-4-17-13(16)6-8/h1-4,6-7H,5H2,(H2,16,17). The fraction of sp³-hybridized carbons (Fsp3) is 0.0769. The number of pyridine rings is 1. The van der Waals surface area contributed by atoms with E-state index in [-0.39, 0.29) is 22.5 Å². The molecule has 1 aromatic carbocycles. The molecule has 0 radical (unpaired) electrons. The number of carbonyl (C=O) groups is 1. The molecule has 0 aliphatic heterocycles. The van der Waals surface area contributed by atoms with Gasteiger partial charge in [0.15, 0.2) is 5.78 Å². The van der Waals surface area contributed by atoms with E-state index in [0.29, 0.717) is 11.4 Å². The van der Waals surface area contributed by atoms with Crippen LogP contribution in [0.5, 0.6) is 0 Å². The van der Waals surface area contributed by atoms with Crippen molar-refractivity contribution in [2.24, 2.45) is 0 Å². The van der Waals surface area contributed by atoms with Crippen LogP contribution >= 0.6 is 15.9 Å². The Kier molecular flexibility index (Phi) is 3.72. The Balaban J connectivity index is 2.19. The summed E-state index contributed by atoms with van der Waals surface area (Å²) >= 11 is 3.05. The van der Waals surface area contributed by atoms with Gasteiger partial charge in [0.25, 0.3) is 0 Å². The first kappa shape index (κ1) is 12.7. The largest absolute Gasteiger partial charge is 0.384 e. The number of ketones is 1. The summed E-state index contributed by atoms with van der Waals surface area (Å²) in [6.45, 7) is 0. The van der Waals surface area contributed by atoms with Crippen LogP contribution in [0, 0.1) is 5.82 Å². The molecular weight excluding hydrogens is 299 g/mol. The fourth-order valence-electron chi connectivity index (χ4n) is 1.56. The summed E-state index contributed by atoms with van der Waals surface area (Å²) in [6, 6.07) is 7.58. The molecule has 92 valence electrons. The summed E-state index contributed by atoms with van der Waals surface area (Å²) in [7, 11) is 0. The Morgan fingerprint density at radius 1 is 1.33 bits per heavy atom. The van der Waals surface area contributed by atoms with E-state index in [2.05, 4.69) is 20.9 Å². The number of nitrogens with zero attached hydrogens (tertiary/aromatic N) is 1. The maximum Gasteiger partial charge on any atom is 0.167 e. The lowest BCUT2D eigenvalue weighted by Gasteiger charge is -2.03. The van der Waals surface area contributed by atoms with Crippen LogP contribution in [-0.4, -0.2) is 10.8 Å². The number of anilines is 1. The van der Waals surface area contributed by atoms with Crippen LogP contribution in [-0.2, 0) is 6.42 Å². The van der Waals surface area contributed by atoms with Gasteiger partial charge in [0.05, 0.1) is 4.47 Å². The number of nitrogens with two attached hydrogens (primary N) is 1. The second kappa shape index (κ2) is 5.27. The number of Topliss-reactive ketones (excluding diaryl/α,β-unsaturated/α-hetero) is 1. The van der Waals surface area contributed by atoms with Gasteiger partial charge in [-0.1, -0.05) is 0 Å². The van der Waals surface area contributed by atoms with Crippen LogP contribution in [0.15, 0.2) is 41.0 Å². The third-order valence-electron chi connectivity index (χ3n) is 2.45. The van der Waals surface area contributed by atoms with Crippen molar-refractivity contribution in [3.05, 3.63) is 57.9 Å². The van der Waals surface area contributed by atoms with Gasteiger partial charge in [-0.05, 0) is 51.8 Å². The van der Waals surface area contributed by atoms with Gasteiger partial charge >= 0.3 is 0 Å². The van der Waals surface area contributed by atoms with E-state index >= 15 is 0 Å². The summed E-state index contributed by atoms with van der Waals surface area (Å²) in [6.07, 6.45) is 1.77. The number of hydrogen-bond donors (Lipinski definition) is 1. The molecule has 1 aromatic heterocycles. The van der Waals surface area contributed by atoms with Crippen molar-refractivity contribution in [1.82, 2.24) is 4.98 Å². The number of nitrogen functional groups attached to an aromatic ring is 1. The van der Waals surface area contributed by atoms with Crippen molar-refractivity contribution < 1.29 is 9.18 Å². The lowest BCUT2D eigenvalue weighted by molar-refractivity contribution is 0.0993. The Morgan fingerprint density at radius 2 is 2.11 bits per heavy atom. The molecule has 0 fully saturated rings. The van der Waals surface area contributed by atoms with Crippen LogP contribution < -0.4 is 5.73 Å². The number of rotatable bonds is 3. The molecule has 18 heavy (non-hydrogen) atoms. The number of benzene rings is 1. The predicted molar refractivity (Wildman–Crippen MR) is 70.8 cm³/mol. The van der Waals surface area contributed by atoms with Gasteiger partial charge in [-0.25, -0.2) is 9.37 Å². The average molecular weight is 309 g/mol. The minimum absolute atomic E-state index is 0.0960. The van der Waals surface area contributed by atoms with E-state index in [9.17, 15) is 9.18 Å². The number of hydrogen-bond acceptors (Lipinski definition) is 3. The van der Waals surface area contributed by atoms with Crippen LogP contribution in [0.4, 0.5) is 10.2 Å². The van der Waals surface area contributed by atoms with Crippen molar-refractivity contribution in [2.45, 2.75) is 6.42 Å². The molecule has 0 atom stereocenters. The zero-order valence-electron chi connectivity index (χ0n) is 9.36. The topological polar surface area (TPSA) is 56.0 Å². The Morgan fingerprint density at radius 3 is 2.78 bits per heavy atom. The minimum atomic E-state index is -0.389. The SMILES string of the molecule is Nc1cc(CC(=O)c2ccc(F)c(Br)c2)ccn1. The monoisotopic (exact) mass is 308 g/mol. The molecule has 3 nitrogen and oxygen atoms in total. The molecule has 2 rings (SSSR count). The molecule has 5 heteroatoms. The van der Waals surface area contributed by atoms with Crippen LogP contribution in [0.2, 0.25) is 0 Å². The second-order valence-corrected chi connectivity index (χ2v) is 4.67. The first-order valence-electron chi connectivity index (χ1n) is 5.25. The van der Waals surface area contributed by atoms with Crippen molar-refractivity contribution >= 4 is 27.5 Å². The summed E-state index contributed by atoms with van der Waals surface area (Å²) in [5, 5.41) is 0. The van der Waals surface area contributed by atoms with E-state index < -0.39 is 0 Å². The predicted octanol–water partition coefficient (Wildman–Crippen LogP) is 2.99. The molecular formula is C13H10BrFN2O. The van der Waals surface area contributed by atoms with Crippen molar-refractivity contribution in [2.75, 3.05) is 5.73 Å². The van der Waals surface area contributed by atoms with Gasteiger partial charge in [0.1, 0.15) is 11.6 Å². The summed E-state index contributed by atoms with van der Waals surface area (Å²) < 4.78 is 13.3. The molecule has 2 aromatic rings. The molecule has 0 aliphatic carbocycles. The average Bonchev–Trinajstić information content (AvgIpc) is 2.32. The highest BCUT2D eigenvalue weighted by molar-refractivity contribution is 9.10. The quantitative estimate of drug-likeness (QED) is 0.887. The Hall–Kier alpha value is -1.75. The van der Waals surface area contributed by atoms with Gasteiger partial charge < -0.3 is 5.73 Å².